The molecular formula is C19H16ClN3O2. The van der Waals surface area contributed by atoms with Gasteiger partial charge in [-0.1, -0.05) is 41.9 Å². The van der Waals surface area contributed by atoms with Crippen LogP contribution in [0.1, 0.15) is 0 Å². The molecule has 3 rings (SSSR count). The maximum absolute atomic E-state index is 12.5. The van der Waals surface area contributed by atoms with Gasteiger partial charge in [-0.05, 0) is 30.3 Å². The van der Waals surface area contributed by atoms with Crippen molar-refractivity contribution in [2.24, 2.45) is 0 Å². The third-order valence-electron chi connectivity index (χ3n) is 3.81. The van der Waals surface area contributed by atoms with Gasteiger partial charge in [-0.3, -0.25) is 9.59 Å². The molecule has 0 aliphatic heterocycles. The highest BCUT2D eigenvalue weighted by molar-refractivity contribution is 6.30. The summed E-state index contributed by atoms with van der Waals surface area (Å²) in [6.07, 6.45) is 0. The lowest BCUT2D eigenvalue weighted by Crippen LogP contribution is -2.34. The molecule has 3 aromatic rings. The quantitative estimate of drug-likeness (QED) is 0.723. The maximum Gasteiger partial charge on any atom is 0.267 e. The highest BCUT2D eigenvalue weighted by Crippen LogP contribution is 2.18. The van der Waals surface area contributed by atoms with Gasteiger partial charge in [0.25, 0.3) is 5.56 Å². The number of hydrogen-bond acceptors (Lipinski definition) is 3. The number of anilines is 1. The molecule has 1 heterocycles. The Morgan fingerprint density at radius 3 is 2.40 bits per heavy atom. The first-order chi connectivity index (χ1) is 12.0. The maximum atomic E-state index is 12.5. The predicted octanol–water partition coefficient (Wildman–Crippen LogP) is 3.23. The van der Waals surface area contributed by atoms with Gasteiger partial charge in [-0.2, -0.15) is 5.10 Å². The first-order valence-electron chi connectivity index (χ1n) is 7.70. The Morgan fingerprint density at radius 1 is 1.04 bits per heavy atom. The minimum absolute atomic E-state index is 0.133. The fraction of sp³-hybridized carbons (Fsp3) is 0.105. The van der Waals surface area contributed by atoms with Crippen LogP contribution in [-0.2, 0) is 11.3 Å². The van der Waals surface area contributed by atoms with Crippen LogP contribution in [0.5, 0.6) is 0 Å². The summed E-state index contributed by atoms with van der Waals surface area (Å²) >= 11 is 5.89. The van der Waals surface area contributed by atoms with E-state index < -0.39 is 0 Å². The second-order valence-corrected chi connectivity index (χ2v) is 5.95. The van der Waals surface area contributed by atoms with E-state index in [9.17, 15) is 9.59 Å². The summed E-state index contributed by atoms with van der Waals surface area (Å²) in [4.78, 5) is 26.0. The monoisotopic (exact) mass is 353 g/mol. The SMILES string of the molecule is CN(C(=O)Cn1nc(-c2ccc(Cl)cc2)ccc1=O)c1ccccc1. The van der Waals surface area contributed by atoms with Gasteiger partial charge in [0.15, 0.2) is 0 Å². The van der Waals surface area contributed by atoms with Crippen molar-refractivity contribution in [3.8, 4) is 11.3 Å². The fourth-order valence-electron chi connectivity index (χ4n) is 2.37. The van der Waals surface area contributed by atoms with Gasteiger partial charge in [-0.15, -0.1) is 0 Å². The molecule has 0 spiro atoms. The van der Waals surface area contributed by atoms with Crippen LogP contribution in [0.4, 0.5) is 5.69 Å². The molecule has 1 amide bonds. The Bertz CT molecular complexity index is 937. The van der Waals surface area contributed by atoms with E-state index in [1.807, 2.05) is 42.5 Å². The molecule has 0 saturated carbocycles. The standard InChI is InChI=1S/C19H16ClN3O2/c1-22(16-5-3-2-4-6-16)19(25)13-23-18(24)12-11-17(21-23)14-7-9-15(20)10-8-14/h2-12H,13H2,1H3. The number of nitrogens with zero attached hydrogens (tertiary/aromatic N) is 3. The van der Waals surface area contributed by atoms with E-state index >= 15 is 0 Å². The van der Waals surface area contributed by atoms with Gasteiger partial charge in [-0.25, -0.2) is 4.68 Å². The van der Waals surface area contributed by atoms with Crippen LogP contribution in [0.15, 0.2) is 71.5 Å². The van der Waals surface area contributed by atoms with Crippen LogP contribution in [0.2, 0.25) is 5.02 Å². The lowest BCUT2D eigenvalue weighted by Gasteiger charge is -2.17. The van der Waals surface area contributed by atoms with Crippen LogP contribution in [0, 0.1) is 0 Å². The van der Waals surface area contributed by atoms with Gasteiger partial charge < -0.3 is 4.90 Å². The molecule has 0 N–H and O–H groups in total. The zero-order chi connectivity index (χ0) is 17.8. The highest BCUT2D eigenvalue weighted by Gasteiger charge is 2.13. The molecule has 0 aliphatic rings. The number of hydrogen-bond donors (Lipinski definition) is 0. The molecule has 6 heteroatoms. The number of carbonyl (C=O) groups excluding carboxylic acids is 1. The Morgan fingerprint density at radius 2 is 1.72 bits per heavy atom. The molecule has 2 aromatic carbocycles. The summed E-state index contributed by atoms with van der Waals surface area (Å²) in [5, 5.41) is 4.92. The van der Waals surface area contributed by atoms with E-state index in [-0.39, 0.29) is 18.0 Å². The number of carbonyl (C=O) groups is 1. The van der Waals surface area contributed by atoms with Crippen molar-refractivity contribution in [3.63, 3.8) is 0 Å². The van der Waals surface area contributed by atoms with Crippen molar-refractivity contribution in [3.05, 3.63) is 82.1 Å². The zero-order valence-electron chi connectivity index (χ0n) is 13.6. The molecule has 0 fully saturated rings. The first kappa shape index (κ1) is 16.9. The summed E-state index contributed by atoms with van der Waals surface area (Å²) in [5.74, 6) is -0.228. The summed E-state index contributed by atoms with van der Waals surface area (Å²) in [6.45, 7) is -0.133. The Labute approximate surface area is 150 Å². The predicted molar refractivity (Wildman–Crippen MR) is 98.8 cm³/mol. The number of rotatable bonds is 4. The molecule has 0 aliphatic carbocycles. The van der Waals surface area contributed by atoms with Gasteiger partial charge in [0.1, 0.15) is 6.54 Å². The molecule has 0 radical (unpaired) electrons. The smallest absolute Gasteiger partial charge is 0.267 e. The van der Waals surface area contributed by atoms with E-state index in [4.69, 9.17) is 11.6 Å². The number of halogens is 1. The summed E-state index contributed by atoms with van der Waals surface area (Å²) in [7, 11) is 1.67. The van der Waals surface area contributed by atoms with E-state index in [0.29, 0.717) is 10.7 Å². The Balaban J connectivity index is 1.85. The third kappa shape index (κ3) is 3.95. The number of benzene rings is 2. The number of amides is 1. The van der Waals surface area contributed by atoms with Gasteiger partial charge in [0.2, 0.25) is 5.91 Å². The van der Waals surface area contributed by atoms with Crippen molar-refractivity contribution in [2.75, 3.05) is 11.9 Å². The minimum Gasteiger partial charge on any atom is -0.314 e. The number of aromatic nitrogens is 2. The van der Waals surface area contributed by atoms with Crippen molar-refractivity contribution >= 4 is 23.2 Å². The molecule has 1 aromatic heterocycles. The van der Waals surface area contributed by atoms with Gasteiger partial charge >= 0.3 is 0 Å². The molecule has 0 unspecified atom stereocenters. The molecule has 5 nitrogen and oxygen atoms in total. The van der Waals surface area contributed by atoms with Crippen LogP contribution >= 0.6 is 11.6 Å². The molecule has 0 bridgehead atoms. The van der Waals surface area contributed by atoms with Crippen molar-refractivity contribution in [1.29, 1.82) is 0 Å². The zero-order valence-corrected chi connectivity index (χ0v) is 14.3. The average Bonchev–Trinajstić information content (AvgIpc) is 2.64. The lowest BCUT2D eigenvalue weighted by atomic mass is 10.1. The second kappa shape index (κ2) is 7.32. The molecule has 0 atom stereocenters. The lowest BCUT2D eigenvalue weighted by molar-refractivity contribution is -0.119. The van der Waals surface area contributed by atoms with Crippen LogP contribution in [0.25, 0.3) is 11.3 Å². The van der Waals surface area contributed by atoms with Gasteiger partial charge in [0, 0.05) is 29.4 Å². The topological polar surface area (TPSA) is 55.2 Å². The average molecular weight is 354 g/mol. The van der Waals surface area contributed by atoms with Crippen molar-refractivity contribution < 1.29 is 4.79 Å². The minimum atomic E-state index is -0.326. The molecule has 126 valence electrons. The van der Waals surface area contributed by atoms with Crippen LogP contribution in [-0.4, -0.2) is 22.7 Å². The highest BCUT2D eigenvalue weighted by atomic mass is 35.5. The first-order valence-corrected chi connectivity index (χ1v) is 8.08. The largest absolute Gasteiger partial charge is 0.314 e. The normalized spacial score (nSPS) is 10.5. The fourth-order valence-corrected chi connectivity index (χ4v) is 2.49. The van der Waals surface area contributed by atoms with E-state index in [1.54, 1.807) is 25.2 Å². The van der Waals surface area contributed by atoms with Crippen LogP contribution in [0.3, 0.4) is 0 Å². The van der Waals surface area contributed by atoms with Gasteiger partial charge in [0.05, 0.1) is 5.69 Å². The van der Waals surface area contributed by atoms with E-state index in [2.05, 4.69) is 5.10 Å². The molecule has 0 saturated heterocycles. The van der Waals surface area contributed by atoms with Crippen molar-refractivity contribution in [1.82, 2.24) is 9.78 Å². The second-order valence-electron chi connectivity index (χ2n) is 5.51. The third-order valence-corrected chi connectivity index (χ3v) is 4.06. The number of para-hydroxylation sites is 1. The Kier molecular flexibility index (Phi) is 4.95. The summed E-state index contributed by atoms with van der Waals surface area (Å²) in [5.41, 5.74) is 1.86. The Hall–Kier alpha value is -2.92. The molecular weight excluding hydrogens is 338 g/mol. The number of likely N-dealkylation sites (N-methyl/N-ethyl adjacent to an activating group) is 1. The molecule has 25 heavy (non-hydrogen) atoms. The van der Waals surface area contributed by atoms with Crippen LogP contribution < -0.4 is 10.5 Å². The summed E-state index contributed by atoms with van der Waals surface area (Å²) < 4.78 is 1.17. The van der Waals surface area contributed by atoms with E-state index in [1.165, 1.54) is 15.6 Å². The summed E-state index contributed by atoms with van der Waals surface area (Å²) in [6, 6.07) is 19.4. The van der Waals surface area contributed by atoms with Crippen molar-refractivity contribution in [2.45, 2.75) is 6.54 Å². The van der Waals surface area contributed by atoms with E-state index in [0.717, 1.165) is 11.3 Å².